The van der Waals surface area contributed by atoms with E-state index in [1.54, 1.807) is 0 Å². The molecule has 12 rings (SSSR count). The quantitative estimate of drug-likeness (QED) is 0.245. The van der Waals surface area contributed by atoms with Crippen LogP contribution < -0.4 is 0 Å². The molecule has 0 heterocycles. The van der Waals surface area contributed by atoms with Crippen molar-refractivity contribution in [2.24, 2.45) is 124 Å². The Hall–Kier alpha value is -0.320. The first-order valence-electron chi connectivity index (χ1n) is 20.9. The molecule has 12 aliphatic rings. The molecule has 5 heteroatoms. The summed E-state index contributed by atoms with van der Waals surface area (Å²) in [5.74, 6) is 1.74. The van der Waals surface area contributed by atoms with Crippen LogP contribution in [0.4, 0.5) is 17.6 Å². The van der Waals surface area contributed by atoms with E-state index >= 15 is 17.6 Å². The van der Waals surface area contributed by atoms with Crippen molar-refractivity contribution < 1.29 is 22.7 Å². The molecule has 1 N–H and O–H groups in total. The minimum atomic E-state index is -2.54. The van der Waals surface area contributed by atoms with Crippen molar-refractivity contribution in [3.8, 4) is 0 Å². The molecule has 0 spiro atoms. The third kappa shape index (κ3) is 3.64. The Labute approximate surface area is 280 Å². The monoisotopic (exact) mass is 656 g/mol. The Morgan fingerprint density at radius 2 is 1.28 bits per heavy atom. The molecule has 0 saturated heterocycles. The fraction of sp³-hybridized carbons (Fsp3) is 1.00. The predicted octanol–water partition coefficient (Wildman–Crippen LogP) is 10.4. The van der Waals surface area contributed by atoms with Crippen molar-refractivity contribution in [3.63, 3.8) is 0 Å². The number of aliphatic hydroxyl groups excluding tert-OH is 1. The van der Waals surface area contributed by atoms with Crippen LogP contribution in [-0.2, 0) is 0 Å². The van der Waals surface area contributed by atoms with Crippen LogP contribution in [0.2, 0.25) is 0 Å². The molecule has 0 aromatic rings. The highest BCUT2D eigenvalue weighted by molar-refractivity contribution is 5.25. The fourth-order valence-electron chi connectivity index (χ4n) is 18.6. The zero-order valence-electron chi connectivity index (χ0n) is 28.9. The van der Waals surface area contributed by atoms with Crippen molar-refractivity contribution in [1.29, 1.82) is 0 Å². The minimum absolute atomic E-state index is 0.0535. The van der Waals surface area contributed by atoms with Crippen molar-refractivity contribution in [2.45, 2.75) is 135 Å². The third-order valence-corrected chi connectivity index (χ3v) is 20.1. The fourth-order valence-corrected chi connectivity index (χ4v) is 18.6. The predicted molar refractivity (Wildman–Crippen MR) is 173 cm³/mol. The maximum Gasteiger partial charge on any atom is 0.254 e. The van der Waals surface area contributed by atoms with E-state index in [0.717, 1.165) is 54.8 Å². The Kier molecular flexibility index (Phi) is 6.29. The Bertz CT molecular complexity index is 1240. The number of aliphatic hydroxyl groups is 1. The first-order valence-corrected chi connectivity index (χ1v) is 20.9. The summed E-state index contributed by atoms with van der Waals surface area (Å²) in [4.78, 5) is 0. The first-order chi connectivity index (χ1) is 22.5. The van der Waals surface area contributed by atoms with Crippen LogP contribution in [-0.4, -0.2) is 23.1 Å². The molecular weight excluding hydrogens is 596 g/mol. The molecule has 12 fully saturated rings. The van der Waals surface area contributed by atoms with E-state index in [9.17, 15) is 5.11 Å². The van der Waals surface area contributed by atoms with E-state index in [1.165, 1.54) is 51.4 Å². The molecule has 0 amide bonds. The van der Waals surface area contributed by atoms with Crippen molar-refractivity contribution in [3.05, 3.63) is 0 Å². The average Bonchev–Trinajstić information content (AvgIpc) is 3.71. The SMILES string of the molecule is C[C@H](C1C2CCCC1C2(F)F)[C@@H](C1CC2CC(C1)C2(F)F)[C@H](C1C2CCCC1C2O)[C@@H]([C@@H](C)C1CC2CCC1C2)C12CC3CC(C1)C32. The molecule has 0 aromatic carbocycles. The molecule has 47 heavy (non-hydrogen) atoms. The van der Waals surface area contributed by atoms with Crippen LogP contribution in [0.15, 0.2) is 0 Å². The van der Waals surface area contributed by atoms with Gasteiger partial charge in [0.05, 0.1) is 6.10 Å². The van der Waals surface area contributed by atoms with E-state index < -0.39 is 35.5 Å². The lowest BCUT2D eigenvalue weighted by molar-refractivity contribution is -0.334. The normalized spacial score (nSPS) is 59.3. The lowest BCUT2D eigenvalue weighted by atomic mass is 9.24. The number of fused-ring (bicyclic) bond motifs is 8. The smallest absolute Gasteiger partial charge is 0.254 e. The van der Waals surface area contributed by atoms with E-state index in [1.807, 2.05) is 0 Å². The number of hydrogen-bond donors (Lipinski definition) is 1. The minimum Gasteiger partial charge on any atom is -0.393 e. The summed E-state index contributed by atoms with van der Waals surface area (Å²) in [6, 6.07) is 0. The van der Waals surface area contributed by atoms with Crippen molar-refractivity contribution in [1.82, 2.24) is 0 Å². The van der Waals surface area contributed by atoms with Crippen LogP contribution in [0, 0.1) is 124 Å². The van der Waals surface area contributed by atoms with Gasteiger partial charge in [0, 0.05) is 23.7 Å². The van der Waals surface area contributed by atoms with Gasteiger partial charge in [-0.3, -0.25) is 0 Å². The molecule has 8 bridgehead atoms. The van der Waals surface area contributed by atoms with Crippen LogP contribution in [0.25, 0.3) is 0 Å². The van der Waals surface area contributed by atoms with Crippen LogP contribution >= 0.6 is 0 Å². The second kappa shape index (κ2) is 9.76. The molecule has 262 valence electrons. The van der Waals surface area contributed by atoms with Gasteiger partial charge in [-0.05, 0) is 184 Å². The molecule has 16 atom stereocenters. The molecule has 11 unspecified atom stereocenters. The first kappa shape index (κ1) is 30.3. The second-order valence-corrected chi connectivity index (χ2v) is 20.9. The largest absolute Gasteiger partial charge is 0.393 e. The highest BCUT2D eigenvalue weighted by Crippen LogP contribution is 2.83. The second-order valence-electron chi connectivity index (χ2n) is 20.9. The van der Waals surface area contributed by atoms with E-state index in [4.69, 9.17) is 0 Å². The topological polar surface area (TPSA) is 20.2 Å². The van der Waals surface area contributed by atoms with Crippen LogP contribution in [0.3, 0.4) is 0 Å². The Morgan fingerprint density at radius 1 is 0.617 bits per heavy atom. The summed E-state index contributed by atoms with van der Waals surface area (Å²) in [7, 11) is 0. The van der Waals surface area contributed by atoms with Gasteiger partial charge in [0.1, 0.15) is 0 Å². The highest BCUT2D eigenvalue weighted by Gasteiger charge is 2.77. The Morgan fingerprint density at radius 3 is 1.79 bits per heavy atom. The molecule has 0 radical (unpaired) electrons. The van der Waals surface area contributed by atoms with Crippen LogP contribution in [0.5, 0.6) is 0 Å². The maximum atomic E-state index is 15.6. The molecule has 12 saturated carbocycles. The lowest BCUT2D eigenvalue weighted by Crippen LogP contribution is -2.75. The standard InChI is InChI=1S/C42H60F4O/c1-19(30-12-21-9-10-22(30)11-21)37(40-17-24-13-25(18-40)38(24)40)36(35-28-5-3-6-29(35)39(28)47)33(23-14-26-16-27(15-23)41(26,43)44)20(2)34-31-7-4-8-32(34)42(31,45)46/h19-39,47H,3-18H2,1-2H3/t19-,20-,21?,22?,23?,24?,25?,26?,27?,28?,29?,30?,31?,32?,33-,34?,35?,36+,37+,38?,39?,40?/m0/s1. The summed E-state index contributed by atoms with van der Waals surface area (Å²) in [5, 5.41) is 11.6. The summed E-state index contributed by atoms with van der Waals surface area (Å²) < 4.78 is 61.8. The number of rotatable bonds is 9. The van der Waals surface area contributed by atoms with Crippen molar-refractivity contribution >= 4 is 0 Å². The average molecular weight is 657 g/mol. The summed E-state index contributed by atoms with van der Waals surface area (Å²) in [5.41, 5.74) is 0.410. The summed E-state index contributed by atoms with van der Waals surface area (Å²) >= 11 is 0. The van der Waals surface area contributed by atoms with E-state index in [0.29, 0.717) is 73.0 Å². The Balaban J connectivity index is 1.04. The van der Waals surface area contributed by atoms with Gasteiger partial charge in [-0.1, -0.05) is 33.1 Å². The zero-order valence-corrected chi connectivity index (χ0v) is 28.9. The summed E-state index contributed by atoms with van der Waals surface area (Å²) in [6.45, 7) is 5.03. The van der Waals surface area contributed by atoms with Gasteiger partial charge < -0.3 is 5.11 Å². The van der Waals surface area contributed by atoms with Crippen molar-refractivity contribution in [2.75, 3.05) is 0 Å². The number of halogens is 4. The van der Waals surface area contributed by atoms with E-state index in [-0.39, 0.29) is 29.8 Å². The number of hydrogen-bond acceptors (Lipinski definition) is 1. The van der Waals surface area contributed by atoms with Gasteiger partial charge in [-0.2, -0.15) is 0 Å². The molecule has 0 aliphatic heterocycles. The van der Waals surface area contributed by atoms with E-state index in [2.05, 4.69) is 13.8 Å². The summed E-state index contributed by atoms with van der Waals surface area (Å²) in [6.07, 6.45) is 17.2. The zero-order chi connectivity index (χ0) is 31.9. The lowest BCUT2D eigenvalue weighted by Gasteiger charge is -2.81. The molecular formula is C42H60F4O. The van der Waals surface area contributed by atoms with Gasteiger partial charge in [0.2, 0.25) is 0 Å². The molecule has 0 aromatic heterocycles. The number of alkyl halides is 4. The van der Waals surface area contributed by atoms with Gasteiger partial charge in [0.25, 0.3) is 11.8 Å². The van der Waals surface area contributed by atoms with Crippen LogP contribution in [0.1, 0.15) is 117 Å². The van der Waals surface area contributed by atoms with Gasteiger partial charge in [-0.15, -0.1) is 0 Å². The molecule has 1 nitrogen and oxygen atoms in total. The van der Waals surface area contributed by atoms with Gasteiger partial charge in [-0.25, -0.2) is 17.6 Å². The molecule has 12 aliphatic carbocycles. The highest BCUT2D eigenvalue weighted by atomic mass is 19.3. The van der Waals surface area contributed by atoms with Gasteiger partial charge in [0.15, 0.2) is 0 Å². The third-order valence-electron chi connectivity index (χ3n) is 20.1. The van der Waals surface area contributed by atoms with Gasteiger partial charge >= 0.3 is 0 Å². The maximum absolute atomic E-state index is 15.6.